The van der Waals surface area contributed by atoms with Gasteiger partial charge in [-0.2, -0.15) is 0 Å². The minimum absolute atomic E-state index is 0.249. The van der Waals surface area contributed by atoms with Gasteiger partial charge in [0.25, 0.3) is 0 Å². The molecule has 124 valence electrons. The molecule has 1 aromatic heterocycles. The molecule has 0 unspecified atom stereocenters. The first-order valence-corrected chi connectivity index (χ1v) is 7.87. The van der Waals surface area contributed by atoms with Gasteiger partial charge < -0.3 is 14.7 Å². The number of hydrogen-bond acceptors (Lipinski definition) is 4. The summed E-state index contributed by atoms with van der Waals surface area (Å²) in [6.07, 6.45) is 6.49. The molecule has 1 aliphatic heterocycles. The average Bonchev–Trinajstić information content (AvgIpc) is 2.81. The van der Waals surface area contributed by atoms with E-state index >= 15 is 0 Å². The number of hydrogen-bond donors (Lipinski definition) is 1. The number of urea groups is 1. The molecule has 1 saturated heterocycles. The zero-order chi connectivity index (χ0) is 16.4. The maximum atomic E-state index is 12.8. The maximum Gasteiger partial charge on any atom is 0.325 e. The quantitative estimate of drug-likeness (QED) is 0.919. The van der Waals surface area contributed by atoms with Crippen LogP contribution >= 0.6 is 0 Å². The van der Waals surface area contributed by atoms with Gasteiger partial charge in [0.2, 0.25) is 5.88 Å². The van der Waals surface area contributed by atoms with Crippen molar-refractivity contribution in [2.24, 2.45) is 0 Å². The van der Waals surface area contributed by atoms with Crippen molar-refractivity contribution in [2.45, 2.75) is 37.6 Å². The van der Waals surface area contributed by atoms with Crippen molar-refractivity contribution in [1.82, 2.24) is 9.88 Å². The molecule has 3 rings (SSSR count). The Hall–Kier alpha value is -2.31. The van der Waals surface area contributed by atoms with Crippen molar-refractivity contribution >= 4 is 17.7 Å². The fraction of sp³-hybridized carbons (Fsp3) is 0.562. The minimum Gasteiger partial charge on any atom is -0.481 e. The van der Waals surface area contributed by atoms with Crippen LogP contribution in [-0.2, 0) is 4.79 Å². The van der Waals surface area contributed by atoms with E-state index in [-0.39, 0.29) is 18.1 Å². The number of nitrogens with zero attached hydrogens (tertiary/aromatic N) is 3. The second kappa shape index (κ2) is 6.06. The number of rotatable bonds is 4. The number of aliphatic carboxylic acids is 1. The van der Waals surface area contributed by atoms with Crippen LogP contribution in [-0.4, -0.2) is 52.7 Å². The number of carboxylic acids is 1. The summed E-state index contributed by atoms with van der Waals surface area (Å²) < 4.78 is 5.04. The predicted octanol–water partition coefficient (Wildman–Crippen LogP) is 2.12. The number of pyridine rings is 1. The van der Waals surface area contributed by atoms with Crippen molar-refractivity contribution in [3.05, 3.63) is 18.3 Å². The third kappa shape index (κ3) is 2.83. The molecule has 1 N–H and O–H groups in total. The van der Waals surface area contributed by atoms with Gasteiger partial charge in [-0.3, -0.25) is 9.69 Å². The molecular weight excluding hydrogens is 298 g/mol. The highest BCUT2D eigenvalue weighted by atomic mass is 16.5. The minimum atomic E-state index is -0.974. The maximum absolute atomic E-state index is 12.8. The highest BCUT2D eigenvalue weighted by Gasteiger charge is 2.50. The van der Waals surface area contributed by atoms with Gasteiger partial charge >= 0.3 is 12.0 Å². The number of aromatic nitrogens is 1. The van der Waals surface area contributed by atoms with Crippen molar-refractivity contribution < 1.29 is 19.4 Å². The third-order valence-electron chi connectivity index (χ3n) is 4.81. The second-order valence-electron chi connectivity index (χ2n) is 6.19. The molecule has 2 heterocycles. The largest absolute Gasteiger partial charge is 0.481 e. The number of carbonyl (C=O) groups excluding carboxylic acids is 1. The van der Waals surface area contributed by atoms with E-state index in [0.29, 0.717) is 18.1 Å². The van der Waals surface area contributed by atoms with Gasteiger partial charge in [-0.1, -0.05) is 19.3 Å². The van der Waals surface area contributed by atoms with Gasteiger partial charge in [0.15, 0.2) is 0 Å². The molecule has 7 heteroatoms. The first kappa shape index (κ1) is 15.6. The van der Waals surface area contributed by atoms with Gasteiger partial charge in [0, 0.05) is 6.07 Å². The van der Waals surface area contributed by atoms with Crippen molar-refractivity contribution in [3.8, 4) is 5.88 Å². The summed E-state index contributed by atoms with van der Waals surface area (Å²) in [5, 5.41) is 9.19. The molecule has 1 aromatic rings. The Kier molecular flexibility index (Phi) is 4.11. The Morgan fingerprint density at radius 1 is 1.35 bits per heavy atom. The van der Waals surface area contributed by atoms with Crippen molar-refractivity contribution in [3.63, 3.8) is 0 Å². The molecule has 2 fully saturated rings. The zero-order valence-electron chi connectivity index (χ0n) is 13.2. The Morgan fingerprint density at radius 2 is 2.09 bits per heavy atom. The zero-order valence-corrected chi connectivity index (χ0v) is 13.2. The number of amides is 2. The van der Waals surface area contributed by atoms with Crippen molar-refractivity contribution in [2.75, 3.05) is 25.1 Å². The van der Waals surface area contributed by atoms with Gasteiger partial charge in [-0.15, -0.1) is 0 Å². The van der Waals surface area contributed by atoms with Crippen LogP contribution in [0.3, 0.4) is 0 Å². The van der Waals surface area contributed by atoms with Gasteiger partial charge in [-0.25, -0.2) is 9.78 Å². The van der Waals surface area contributed by atoms with E-state index < -0.39 is 5.97 Å². The fourth-order valence-electron chi connectivity index (χ4n) is 3.66. The first-order chi connectivity index (χ1) is 11.1. The van der Waals surface area contributed by atoms with E-state index in [1.807, 2.05) is 0 Å². The molecule has 2 aliphatic rings. The summed E-state index contributed by atoms with van der Waals surface area (Å²) in [5.74, 6) is -0.492. The Bertz CT molecular complexity index is 596. The summed E-state index contributed by atoms with van der Waals surface area (Å²) >= 11 is 0. The standard InChI is InChI=1S/C16H21N3O4/c1-23-13-6-5-12(9-17-13)18-11-16(7-3-2-4-8-16)19(15(18)22)10-14(20)21/h5-6,9H,2-4,7-8,10-11H2,1H3,(H,20,21). The summed E-state index contributed by atoms with van der Waals surface area (Å²) in [4.78, 5) is 31.3. The first-order valence-electron chi connectivity index (χ1n) is 7.87. The van der Waals surface area contributed by atoms with Crippen LogP contribution in [0.5, 0.6) is 5.88 Å². The van der Waals surface area contributed by atoms with Crippen LogP contribution in [0.2, 0.25) is 0 Å². The summed E-state index contributed by atoms with van der Waals surface area (Å²) in [6, 6.07) is 3.24. The van der Waals surface area contributed by atoms with Crippen LogP contribution in [0.25, 0.3) is 0 Å². The molecule has 1 saturated carbocycles. The second-order valence-corrected chi connectivity index (χ2v) is 6.19. The Labute approximate surface area is 134 Å². The number of carboxylic acid groups (broad SMARTS) is 1. The number of carbonyl (C=O) groups is 2. The van der Waals surface area contributed by atoms with E-state index in [9.17, 15) is 14.7 Å². The summed E-state index contributed by atoms with van der Waals surface area (Å²) in [5.41, 5.74) is 0.307. The van der Waals surface area contributed by atoms with E-state index in [4.69, 9.17) is 4.74 Å². The molecule has 0 aromatic carbocycles. The number of methoxy groups -OCH3 is 1. The predicted molar refractivity (Wildman–Crippen MR) is 83.7 cm³/mol. The molecule has 0 radical (unpaired) electrons. The Morgan fingerprint density at radius 3 is 2.65 bits per heavy atom. The van der Waals surface area contributed by atoms with E-state index in [1.54, 1.807) is 28.1 Å². The van der Waals surface area contributed by atoms with E-state index in [1.165, 1.54) is 7.11 Å². The normalized spacial score (nSPS) is 20.1. The molecular formula is C16H21N3O4. The van der Waals surface area contributed by atoms with Crippen molar-refractivity contribution in [1.29, 1.82) is 0 Å². The summed E-state index contributed by atoms with van der Waals surface area (Å²) in [6.45, 7) is 0.270. The lowest BCUT2D eigenvalue weighted by atomic mass is 9.81. The monoisotopic (exact) mass is 319 g/mol. The van der Waals surface area contributed by atoms with Gasteiger partial charge in [-0.05, 0) is 18.9 Å². The SMILES string of the molecule is COc1ccc(N2CC3(CCCCC3)N(CC(=O)O)C2=O)cn1. The smallest absolute Gasteiger partial charge is 0.325 e. The van der Waals surface area contributed by atoms with Crippen LogP contribution in [0.4, 0.5) is 10.5 Å². The average molecular weight is 319 g/mol. The van der Waals surface area contributed by atoms with Crippen LogP contribution in [0, 0.1) is 0 Å². The van der Waals surface area contributed by atoms with Crippen LogP contribution in [0.1, 0.15) is 32.1 Å². The molecule has 0 atom stereocenters. The molecule has 1 aliphatic carbocycles. The van der Waals surface area contributed by atoms with E-state index in [2.05, 4.69) is 4.98 Å². The lowest BCUT2D eigenvalue weighted by Gasteiger charge is -2.39. The number of ether oxygens (including phenoxy) is 1. The van der Waals surface area contributed by atoms with E-state index in [0.717, 1.165) is 32.1 Å². The Balaban J connectivity index is 1.90. The number of anilines is 1. The van der Waals surface area contributed by atoms with Crippen LogP contribution < -0.4 is 9.64 Å². The summed E-state index contributed by atoms with van der Waals surface area (Å²) in [7, 11) is 1.54. The van der Waals surface area contributed by atoms with Crippen LogP contribution in [0.15, 0.2) is 18.3 Å². The van der Waals surface area contributed by atoms with Gasteiger partial charge in [0.05, 0.1) is 31.1 Å². The molecule has 2 amide bonds. The molecule has 1 spiro atoms. The highest BCUT2D eigenvalue weighted by Crippen LogP contribution is 2.40. The third-order valence-corrected chi connectivity index (χ3v) is 4.81. The lowest BCUT2D eigenvalue weighted by Crippen LogP contribution is -2.50. The lowest BCUT2D eigenvalue weighted by molar-refractivity contribution is -0.138. The topological polar surface area (TPSA) is 83.0 Å². The fourth-order valence-corrected chi connectivity index (χ4v) is 3.66. The molecule has 23 heavy (non-hydrogen) atoms. The molecule has 0 bridgehead atoms. The molecule has 7 nitrogen and oxygen atoms in total. The van der Waals surface area contributed by atoms with Gasteiger partial charge in [0.1, 0.15) is 6.54 Å². The highest BCUT2D eigenvalue weighted by molar-refractivity contribution is 5.97.